The highest BCUT2D eigenvalue weighted by molar-refractivity contribution is 7.26. The lowest BCUT2D eigenvalue weighted by molar-refractivity contribution is 1.18. The van der Waals surface area contributed by atoms with E-state index in [9.17, 15) is 0 Å². The first-order chi connectivity index (χ1) is 22.8. The predicted molar refractivity (Wildman–Crippen MR) is 197 cm³/mol. The molecule has 10 rings (SSSR count). The Balaban J connectivity index is 1.30. The molecule has 3 heterocycles. The summed E-state index contributed by atoms with van der Waals surface area (Å²) in [4.78, 5) is 5.20. The quantitative estimate of drug-likeness (QED) is 0.184. The lowest BCUT2D eigenvalue weighted by atomic mass is 9.95. The molecule has 0 aliphatic heterocycles. The van der Waals surface area contributed by atoms with Gasteiger partial charge in [-0.2, -0.15) is 0 Å². The van der Waals surface area contributed by atoms with Crippen LogP contribution in [0.3, 0.4) is 0 Å². The van der Waals surface area contributed by atoms with Gasteiger partial charge in [-0.15, -0.1) is 11.3 Å². The van der Waals surface area contributed by atoms with Gasteiger partial charge >= 0.3 is 0 Å². The van der Waals surface area contributed by atoms with Crippen LogP contribution in [0, 0.1) is 0 Å². The van der Waals surface area contributed by atoms with Crippen LogP contribution in [0.25, 0.3) is 91.7 Å². The highest BCUT2D eigenvalue weighted by atomic mass is 32.1. The van der Waals surface area contributed by atoms with Crippen LogP contribution in [0.2, 0.25) is 0 Å². The highest BCUT2D eigenvalue weighted by Gasteiger charge is 2.20. The van der Waals surface area contributed by atoms with Crippen LogP contribution in [0.1, 0.15) is 0 Å². The van der Waals surface area contributed by atoms with Crippen LogP contribution in [0.4, 0.5) is 0 Å². The number of hydrogen-bond acceptors (Lipinski definition) is 2. The Morgan fingerprint density at radius 1 is 0.435 bits per heavy atom. The topological polar surface area (TPSA) is 17.8 Å². The molecule has 0 bridgehead atoms. The molecule has 0 radical (unpaired) electrons. The Labute approximate surface area is 269 Å². The van der Waals surface area contributed by atoms with Crippen LogP contribution < -0.4 is 0 Å². The third-order valence-corrected chi connectivity index (χ3v) is 10.6. The van der Waals surface area contributed by atoms with Gasteiger partial charge in [0.15, 0.2) is 0 Å². The molecule has 3 aromatic heterocycles. The lowest BCUT2D eigenvalue weighted by Crippen LogP contribution is -1.97. The Morgan fingerprint density at radius 2 is 1.07 bits per heavy atom. The van der Waals surface area contributed by atoms with E-state index in [2.05, 4.69) is 162 Å². The summed E-state index contributed by atoms with van der Waals surface area (Å²) in [7, 11) is 0. The average Bonchev–Trinajstić information content (AvgIpc) is 3.68. The van der Waals surface area contributed by atoms with Crippen LogP contribution >= 0.6 is 11.3 Å². The molecule has 2 nitrogen and oxygen atoms in total. The Hall–Kier alpha value is -5.77. The van der Waals surface area contributed by atoms with E-state index in [1.54, 1.807) is 0 Å². The van der Waals surface area contributed by atoms with Crippen molar-refractivity contribution in [1.29, 1.82) is 0 Å². The van der Waals surface area contributed by atoms with Gasteiger partial charge < -0.3 is 4.57 Å². The molecule has 0 fully saturated rings. The molecule has 0 atom stereocenters. The number of rotatable bonds is 3. The summed E-state index contributed by atoms with van der Waals surface area (Å²) in [6.07, 6.45) is 0. The van der Waals surface area contributed by atoms with E-state index in [4.69, 9.17) is 4.98 Å². The van der Waals surface area contributed by atoms with E-state index in [0.29, 0.717) is 0 Å². The normalized spacial score (nSPS) is 11.9. The predicted octanol–water partition coefficient (Wildman–Crippen LogP) is 12.2. The zero-order valence-corrected chi connectivity index (χ0v) is 25.6. The summed E-state index contributed by atoms with van der Waals surface area (Å²) in [5.74, 6) is 0. The van der Waals surface area contributed by atoms with E-state index in [1.807, 2.05) is 11.3 Å². The first-order valence-electron chi connectivity index (χ1n) is 15.7. The Morgan fingerprint density at radius 3 is 1.87 bits per heavy atom. The third kappa shape index (κ3) is 3.61. The van der Waals surface area contributed by atoms with Crippen molar-refractivity contribution in [3.05, 3.63) is 158 Å². The largest absolute Gasteiger partial charge is 0.309 e. The summed E-state index contributed by atoms with van der Waals surface area (Å²) >= 11 is 1.89. The minimum atomic E-state index is 1.02. The Bertz CT molecular complexity index is 2750. The molecule has 3 heteroatoms. The number of thiophene rings is 1. The van der Waals surface area contributed by atoms with Crippen molar-refractivity contribution >= 4 is 75.0 Å². The van der Waals surface area contributed by atoms with Crippen molar-refractivity contribution in [2.75, 3.05) is 0 Å². The van der Waals surface area contributed by atoms with Crippen molar-refractivity contribution in [3.63, 3.8) is 0 Å². The second kappa shape index (κ2) is 9.87. The van der Waals surface area contributed by atoms with Crippen molar-refractivity contribution in [1.82, 2.24) is 9.55 Å². The number of nitrogens with zero attached hydrogens (tertiary/aromatic N) is 2. The summed E-state index contributed by atoms with van der Waals surface area (Å²) in [6.45, 7) is 0. The van der Waals surface area contributed by atoms with Gasteiger partial charge in [0.05, 0.1) is 27.9 Å². The zero-order valence-electron chi connectivity index (χ0n) is 24.8. The highest BCUT2D eigenvalue weighted by Crippen LogP contribution is 2.47. The summed E-state index contributed by atoms with van der Waals surface area (Å²) in [5.41, 5.74) is 9.31. The minimum absolute atomic E-state index is 1.02. The molecule has 0 aliphatic rings. The molecule has 10 aromatic rings. The molecule has 0 unspecified atom stereocenters. The monoisotopic (exact) mass is 602 g/mol. The Kier molecular flexibility index (Phi) is 5.48. The average molecular weight is 603 g/mol. The number of aromatic nitrogens is 2. The van der Waals surface area contributed by atoms with Gasteiger partial charge in [0.25, 0.3) is 0 Å². The number of para-hydroxylation sites is 4. The van der Waals surface area contributed by atoms with Crippen LogP contribution in [-0.2, 0) is 0 Å². The standard InChI is InChI=1S/C43H26N2S/c1-2-13-27(14-3-1)42-33-25-26-39-41(40(33)32-18-4-8-21-35(32)44-42)34-20-12-19-31(43(34)46-39)30-17-7-11-24-38(30)45-36-22-9-5-15-28(36)29-16-6-10-23-37(29)45/h1-26H. The number of pyridine rings is 1. The van der Waals surface area contributed by atoms with E-state index in [0.717, 1.165) is 16.8 Å². The molecule has 0 saturated carbocycles. The summed E-state index contributed by atoms with van der Waals surface area (Å²) in [5, 5.41) is 8.80. The summed E-state index contributed by atoms with van der Waals surface area (Å²) in [6, 6.07) is 56.9. The molecule has 214 valence electrons. The maximum Gasteiger partial charge on any atom is 0.0788 e. The van der Waals surface area contributed by atoms with Crippen molar-refractivity contribution in [3.8, 4) is 28.1 Å². The molecule has 0 amide bonds. The lowest BCUT2D eigenvalue weighted by Gasteiger charge is -2.14. The first kappa shape index (κ1) is 25.5. The molecule has 7 aromatic carbocycles. The van der Waals surface area contributed by atoms with Gasteiger partial charge in [0.2, 0.25) is 0 Å². The van der Waals surface area contributed by atoms with Crippen LogP contribution in [-0.4, -0.2) is 9.55 Å². The molecule has 0 N–H and O–H groups in total. The second-order valence-electron chi connectivity index (χ2n) is 11.9. The SMILES string of the molecule is c1ccc(-c2nc3ccccc3c3c2ccc2sc4c(-c5ccccc5-n5c6ccccc6c6ccccc65)cccc4c23)cc1. The first-order valence-corrected chi connectivity index (χ1v) is 16.5. The minimum Gasteiger partial charge on any atom is -0.309 e. The maximum atomic E-state index is 5.20. The second-order valence-corrected chi connectivity index (χ2v) is 12.9. The van der Waals surface area contributed by atoms with E-state index >= 15 is 0 Å². The third-order valence-electron chi connectivity index (χ3n) is 9.39. The zero-order chi connectivity index (χ0) is 30.2. The van der Waals surface area contributed by atoms with Gasteiger partial charge in [-0.1, -0.05) is 127 Å². The summed E-state index contributed by atoms with van der Waals surface area (Å²) < 4.78 is 5.03. The molecule has 0 saturated heterocycles. The molecule has 0 spiro atoms. The van der Waals surface area contributed by atoms with Crippen molar-refractivity contribution in [2.45, 2.75) is 0 Å². The molecule has 46 heavy (non-hydrogen) atoms. The van der Waals surface area contributed by atoms with Gasteiger partial charge in [-0.05, 0) is 30.3 Å². The van der Waals surface area contributed by atoms with Gasteiger partial charge in [0, 0.05) is 63.8 Å². The number of fused-ring (bicyclic) bond motifs is 10. The number of benzene rings is 7. The molecule has 0 aliphatic carbocycles. The molecular formula is C43H26N2S. The van der Waals surface area contributed by atoms with Crippen molar-refractivity contribution < 1.29 is 0 Å². The van der Waals surface area contributed by atoms with Crippen LogP contribution in [0.15, 0.2) is 158 Å². The van der Waals surface area contributed by atoms with E-state index in [1.165, 1.54) is 75.0 Å². The van der Waals surface area contributed by atoms with E-state index in [-0.39, 0.29) is 0 Å². The van der Waals surface area contributed by atoms with Crippen LogP contribution in [0.5, 0.6) is 0 Å². The fraction of sp³-hybridized carbons (Fsp3) is 0. The van der Waals surface area contributed by atoms with E-state index < -0.39 is 0 Å². The van der Waals surface area contributed by atoms with Crippen molar-refractivity contribution in [2.24, 2.45) is 0 Å². The van der Waals surface area contributed by atoms with Gasteiger partial charge in [0.1, 0.15) is 0 Å². The smallest absolute Gasteiger partial charge is 0.0788 e. The van der Waals surface area contributed by atoms with Gasteiger partial charge in [-0.25, -0.2) is 4.98 Å². The fourth-order valence-electron chi connectivity index (χ4n) is 7.44. The van der Waals surface area contributed by atoms with Gasteiger partial charge in [-0.3, -0.25) is 0 Å². The fourth-order valence-corrected chi connectivity index (χ4v) is 8.67. The number of hydrogen-bond donors (Lipinski definition) is 0. The maximum absolute atomic E-state index is 5.20. The molecular weight excluding hydrogens is 577 g/mol.